The Kier molecular flexibility index (Phi) is 52.1. The Balaban J connectivity index is 1.74. The summed E-state index contributed by atoms with van der Waals surface area (Å²) in [6.45, 7) is 10.8. The standard InChI is InChI=1S/C85H133N25O29S2/c1-38(2)27-51(75(129)96-41(7)68(122)94-44(10)71(125)108-66(39(3)4)81(135)93-36-62(115)99-49(21-25-140-11)73(127)95-42(8)69(123)102-54(30-63(116)117)76(130)97-43(9)70(124)103-55(31-64(118)119)78(132)101-50(84(138)139)22-26-141-12)106-82(136)67(40(5)6)109-74(128)48(19-15-23-90-85(88)89)98-61(114)35-92-72(126)52(28-45-34-91-47-18-14-13-17-46(45)47)104-77(131)53(29-59(87)112)105-80(134)58-20-16-24-110(58)83(137)56(32-65(120)121)107-79(133)57(37-111)100-60(113)33-86/h13-14,17-18,34,38-44,48-58,66-67,91,111H,15-16,19-33,35-37,86H2,1-12H3,(H2,87,112)(H,92,126)(H,93,135)(H,94,122)(H,95,127)(H,96,129)(H,97,130)(H,98,114)(H,99,115)(H,100,113)(H,101,132)(H,102,123)(H,103,124)(H,104,131)(H,105,134)(H,106,136)(H,107,133)(H,108,125)(H,109,128)(H,116,117)(H,118,119)(H,120,121)(H,138,139)(H4,88,89,90)/t41-,42-,43-,44-,48-,49-,50-,51-,52-,53-,54-,55-,56-,57-,58-,66-,67-/m0/s1. The fraction of sp³-hybridized carbons (Fsp3) is 0.612. The van der Waals surface area contributed by atoms with Crippen LogP contribution in [0.15, 0.2) is 30.5 Å². The highest BCUT2D eigenvalue weighted by atomic mass is 32.2. The minimum atomic E-state index is -1.93. The lowest BCUT2D eigenvalue weighted by Gasteiger charge is -2.30. The lowest BCUT2D eigenvalue weighted by atomic mass is 9.99. The highest BCUT2D eigenvalue weighted by Gasteiger charge is 2.43. The van der Waals surface area contributed by atoms with Crippen LogP contribution in [0, 0.1) is 23.2 Å². The summed E-state index contributed by atoms with van der Waals surface area (Å²) in [5.41, 5.74) is 17.4. The van der Waals surface area contributed by atoms with Gasteiger partial charge < -0.3 is 154 Å². The molecule has 784 valence electrons. The molecular formula is C85H133N25O29S2. The molecule has 0 radical (unpaired) electrons. The highest BCUT2D eigenvalue weighted by molar-refractivity contribution is 7.98. The number of amides is 20. The first-order chi connectivity index (χ1) is 66.2. The number of hydrogen-bond acceptors (Lipinski definition) is 29. The lowest BCUT2D eigenvalue weighted by Crippen LogP contribution is -2.60. The number of aromatic nitrogens is 1. The predicted octanol–water partition coefficient (Wildman–Crippen LogP) is -9.77. The molecule has 0 unspecified atom stereocenters. The van der Waals surface area contributed by atoms with E-state index in [1.165, 1.54) is 57.4 Å². The summed E-state index contributed by atoms with van der Waals surface area (Å²) in [4.78, 5) is 325. The van der Waals surface area contributed by atoms with Crippen LogP contribution in [0.5, 0.6) is 0 Å². The summed E-state index contributed by atoms with van der Waals surface area (Å²) in [5, 5.41) is 101. The van der Waals surface area contributed by atoms with E-state index in [4.69, 9.17) is 22.6 Å². The number of H-pyrrole nitrogens is 1. The number of aliphatic hydroxyl groups excluding tert-OH is 1. The van der Waals surface area contributed by atoms with E-state index in [1.807, 2.05) is 0 Å². The summed E-state index contributed by atoms with van der Waals surface area (Å²) < 4.78 is 0. The number of nitrogens with one attached hydrogen (secondary N) is 21. The Bertz CT molecular complexity index is 4810. The quantitative estimate of drug-likeness (QED) is 0.0166. The third-order valence-corrected chi connectivity index (χ3v) is 22.7. The summed E-state index contributed by atoms with van der Waals surface area (Å²) in [7, 11) is 0. The monoisotopic (exact) mass is 2030 g/mol. The van der Waals surface area contributed by atoms with Crippen LogP contribution < -0.4 is 118 Å². The average molecular weight is 2030 g/mol. The first kappa shape index (κ1) is 121. The Morgan fingerprint density at radius 3 is 1.33 bits per heavy atom. The second kappa shape index (κ2) is 60.7. The van der Waals surface area contributed by atoms with Gasteiger partial charge in [-0.05, 0) is 126 Å². The molecule has 56 heteroatoms. The number of likely N-dealkylation sites (tertiary alicyclic amines) is 1. The number of aliphatic hydroxyl groups is 1. The molecule has 0 spiro atoms. The van der Waals surface area contributed by atoms with Crippen molar-refractivity contribution in [3.63, 3.8) is 0 Å². The Morgan fingerprint density at radius 2 is 0.844 bits per heavy atom. The number of thioether (sulfide) groups is 2. The van der Waals surface area contributed by atoms with Gasteiger partial charge in [-0.2, -0.15) is 23.5 Å². The number of carboxylic acid groups (broad SMARTS) is 4. The van der Waals surface area contributed by atoms with Gasteiger partial charge in [-0.15, -0.1) is 0 Å². The number of aromatic amines is 1. The fourth-order valence-corrected chi connectivity index (χ4v) is 14.8. The molecule has 1 aromatic carbocycles. The number of carbonyl (C=O) groups excluding carboxylic acids is 20. The molecule has 1 aliphatic rings. The number of aliphatic carboxylic acids is 4. The molecule has 2 heterocycles. The maximum absolute atomic E-state index is 14.5. The third kappa shape index (κ3) is 42.7. The highest BCUT2D eigenvalue weighted by Crippen LogP contribution is 2.23. The molecule has 1 aromatic heterocycles. The molecular weight excluding hydrogens is 1900 g/mol. The minimum Gasteiger partial charge on any atom is -0.481 e. The summed E-state index contributed by atoms with van der Waals surface area (Å²) in [6, 6.07) is -20.2. The van der Waals surface area contributed by atoms with E-state index in [0.717, 1.165) is 18.7 Å². The van der Waals surface area contributed by atoms with Crippen molar-refractivity contribution in [3.05, 3.63) is 36.0 Å². The van der Waals surface area contributed by atoms with E-state index in [0.29, 0.717) is 16.5 Å². The second-order valence-electron chi connectivity index (χ2n) is 34.2. The predicted molar refractivity (Wildman–Crippen MR) is 505 cm³/mol. The molecule has 0 saturated carbocycles. The molecule has 54 nitrogen and oxygen atoms in total. The Morgan fingerprint density at radius 1 is 0.440 bits per heavy atom. The van der Waals surface area contributed by atoms with Crippen LogP contribution >= 0.6 is 23.5 Å². The fourth-order valence-electron chi connectivity index (χ4n) is 13.9. The van der Waals surface area contributed by atoms with Crippen molar-refractivity contribution >= 4 is 182 Å². The zero-order chi connectivity index (χ0) is 107. The largest absolute Gasteiger partial charge is 0.481 e. The third-order valence-electron chi connectivity index (χ3n) is 21.5. The van der Waals surface area contributed by atoms with Crippen LogP contribution in [0.4, 0.5) is 0 Å². The average Bonchev–Trinajstić information content (AvgIpc) is 1.68. The van der Waals surface area contributed by atoms with Crippen molar-refractivity contribution in [1.82, 2.24) is 111 Å². The maximum Gasteiger partial charge on any atom is 0.326 e. The van der Waals surface area contributed by atoms with Crippen LogP contribution in [0.1, 0.15) is 145 Å². The molecule has 0 aliphatic carbocycles. The number of rotatable bonds is 63. The number of carbonyl (C=O) groups is 24. The normalized spacial score (nSPS) is 15.6. The van der Waals surface area contributed by atoms with Crippen LogP contribution in [0.25, 0.3) is 10.9 Å². The van der Waals surface area contributed by atoms with Gasteiger partial charge in [0.15, 0.2) is 5.96 Å². The van der Waals surface area contributed by atoms with E-state index in [9.17, 15) is 141 Å². The van der Waals surface area contributed by atoms with Crippen molar-refractivity contribution in [2.45, 2.75) is 249 Å². The lowest BCUT2D eigenvalue weighted by molar-refractivity contribution is -0.146. The number of nitrogens with two attached hydrogens (primary N) is 3. The van der Waals surface area contributed by atoms with Crippen LogP contribution in [0.2, 0.25) is 0 Å². The number of fused-ring (bicyclic) bond motifs is 1. The van der Waals surface area contributed by atoms with E-state index < -0.39 is 314 Å². The zero-order valence-electron chi connectivity index (χ0n) is 80.1. The first-order valence-electron chi connectivity index (χ1n) is 44.9. The van der Waals surface area contributed by atoms with Crippen molar-refractivity contribution in [1.29, 1.82) is 5.41 Å². The number of nitrogens with zero attached hydrogens (tertiary/aromatic N) is 1. The van der Waals surface area contributed by atoms with Crippen LogP contribution in [-0.4, -0.2) is 349 Å². The van der Waals surface area contributed by atoms with Gasteiger partial charge in [0, 0.05) is 36.6 Å². The van der Waals surface area contributed by atoms with Crippen molar-refractivity contribution in [2.75, 3.05) is 63.3 Å². The Hall–Kier alpha value is -14.1. The zero-order valence-corrected chi connectivity index (χ0v) is 81.7. The summed E-state index contributed by atoms with van der Waals surface area (Å²) >= 11 is 2.52. The van der Waals surface area contributed by atoms with Crippen molar-refractivity contribution in [3.8, 4) is 0 Å². The second-order valence-corrected chi connectivity index (χ2v) is 36.2. The molecule has 1 fully saturated rings. The number of hydrogen-bond donors (Lipinski definition) is 29. The van der Waals surface area contributed by atoms with E-state index in [-0.39, 0.29) is 81.9 Å². The number of para-hydroxylation sites is 1. The van der Waals surface area contributed by atoms with Crippen molar-refractivity contribution in [2.24, 2.45) is 35.0 Å². The molecule has 3 rings (SSSR count). The molecule has 20 amide bonds. The van der Waals surface area contributed by atoms with Gasteiger partial charge in [0.25, 0.3) is 0 Å². The van der Waals surface area contributed by atoms with Gasteiger partial charge in [0.05, 0.1) is 51.9 Å². The number of guanidine groups is 1. The SMILES string of the molecule is CSCC[C@H](NC(=O)[C@H](CC(=O)O)NC(=O)[C@H](C)NC(=O)[C@H](CC(=O)O)NC(=O)[C@H](C)NC(=O)[C@H](CCSC)NC(=O)CNC(=O)[C@@H](NC(=O)[C@H](C)NC(=O)[C@H](C)NC(=O)[C@H](CC(C)C)NC(=O)[C@@H](NC(=O)[C@H](CCCNC(=N)N)NC(=O)CNC(=O)[C@H](Cc1c[nH]c2ccccc12)NC(=O)[C@H](CC(N)=O)NC(=O)[C@@H]1CCCN1C(=O)[C@H](CC(=O)O)NC(=O)[C@H](CO)NC(=O)CN)C(C)C)C(C)C)C(=O)O. The summed E-state index contributed by atoms with van der Waals surface area (Å²) in [6.07, 6.45) is 0.169. The van der Waals surface area contributed by atoms with Gasteiger partial charge in [0.2, 0.25) is 118 Å². The smallest absolute Gasteiger partial charge is 0.326 e. The molecule has 2 aromatic rings. The van der Waals surface area contributed by atoms with E-state index in [2.05, 4.69) is 106 Å². The van der Waals surface area contributed by atoms with E-state index in [1.54, 1.807) is 64.5 Å². The molecule has 141 heavy (non-hydrogen) atoms. The van der Waals surface area contributed by atoms with Crippen LogP contribution in [0.3, 0.4) is 0 Å². The molecule has 0 bridgehead atoms. The van der Waals surface area contributed by atoms with Crippen LogP contribution in [-0.2, 0) is 121 Å². The van der Waals surface area contributed by atoms with Gasteiger partial charge >= 0.3 is 23.9 Å². The number of carboxylic acids is 4. The van der Waals surface area contributed by atoms with Crippen molar-refractivity contribution < 1.29 is 141 Å². The maximum atomic E-state index is 14.5. The number of primary amides is 1. The van der Waals surface area contributed by atoms with E-state index >= 15 is 0 Å². The molecule has 17 atom stereocenters. The Labute approximate surface area is 818 Å². The molecule has 1 aliphatic heterocycles. The van der Waals surface area contributed by atoms with Gasteiger partial charge in [-0.1, -0.05) is 59.7 Å². The van der Waals surface area contributed by atoms with Gasteiger partial charge in [-0.3, -0.25) is 116 Å². The molecule has 1 saturated heterocycles. The first-order valence-corrected chi connectivity index (χ1v) is 47.7. The summed E-state index contributed by atoms with van der Waals surface area (Å²) in [5.74, 6) is -28.7. The minimum absolute atomic E-state index is 0.0169. The van der Waals surface area contributed by atoms with Gasteiger partial charge in [0.1, 0.15) is 103 Å². The molecule has 32 N–H and O–H groups in total. The topological polar surface area (TPSA) is 860 Å². The van der Waals surface area contributed by atoms with Gasteiger partial charge in [-0.25, -0.2) is 4.79 Å². The number of benzene rings is 1.